The Bertz CT molecular complexity index is 1420. The first-order valence-electron chi connectivity index (χ1n) is 12.3. The van der Waals surface area contributed by atoms with Crippen molar-refractivity contribution in [1.82, 2.24) is 24.5 Å². The van der Waals surface area contributed by atoms with Crippen molar-refractivity contribution < 1.29 is 19.1 Å². The van der Waals surface area contributed by atoms with E-state index in [1.807, 2.05) is 71.0 Å². The lowest BCUT2D eigenvalue weighted by Crippen LogP contribution is -2.33. The number of carbonyl (C=O) groups is 2. The first-order chi connectivity index (χ1) is 17.6. The summed E-state index contributed by atoms with van der Waals surface area (Å²) in [5, 5.41) is 9.33. The largest absolute Gasteiger partial charge is 0.497 e. The zero-order valence-electron chi connectivity index (χ0n) is 22.2. The van der Waals surface area contributed by atoms with Crippen LogP contribution in [0.25, 0.3) is 16.6 Å². The highest BCUT2D eigenvalue weighted by Gasteiger charge is 2.23. The molecular formula is C28H33N5O4. The van der Waals surface area contributed by atoms with Gasteiger partial charge in [-0.05, 0) is 70.9 Å². The van der Waals surface area contributed by atoms with Crippen LogP contribution in [-0.2, 0) is 11.2 Å². The Morgan fingerprint density at radius 2 is 1.78 bits per heavy atom. The number of aryl methyl sites for hydroxylation is 1. The highest BCUT2D eigenvalue weighted by atomic mass is 16.6. The zero-order valence-corrected chi connectivity index (χ0v) is 22.2. The van der Waals surface area contributed by atoms with Crippen molar-refractivity contribution in [2.24, 2.45) is 0 Å². The fourth-order valence-electron chi connectivity index (χ4n) is 4.23. The summed E-state index contributed by atoms with van der Waals surface area (Å²) in [7, 11) is 1.59. The molecule has 0 unspecified atom stereocenters. The number of likely N-dealkylation sites (N-methyl/N-ethyl adjacent to an activating group) is 1. The molecule has 4 aromatic rings. The Balaban J connectivity index is 1.63. The second-order valence-corrected chi connectivity index (χ2v) is 9.86. The van der Waals surface area contributed by atoms with Gasteiger partial charge >= 0.3 is 6.09 Å². The van der Waals surface area contributed by atoms with Gasteiger partial charge in [0.25, 0.3) is 5.91 Å². The highest BCUT2D eigenvalue weighted by molar-refractivity contribution is 5.98. The Morgan fingerprint density at radius 3 is 2.43 bits per heavy atom. The summed E-state index contributed by atoms with van der Waals surface area (Å²) in [6, 6.07) is 11.3. The van der Waals surface area contributed by atoms with Gasteiger partial charge in [0, 0.05) is 30.7 Å². The molecule has 2 aromatic heterocycles. The molecule has 0 fully saturated rings. The molecular weight excluding hydrogens is 470 g/mol. The normalized spacial score (nSPS) is 11.5. The van der Waals surface area contributed by atoms with Crippen molar-refractivity contribution in [3.63, 3.8) is 0 Å². The summed E-state index contributed by atoms with van der Waals surface area (Å²) < 4.78 is 12.5. The Morgan fingerprint density at radius 1 is 1.05 bits per heavy atom. The lowest BCUT2D eigenvalue weighted by Gasteiger charge is -2.22. The molecule has 2 aromatic carbocycles. The van der Waals surface area contributed by atoms with Crippen LogP contribution in [0, 0.1) is 6.92 Å². The number of hydrogen-bond donors (Lipinski definition) is 0. The van der Waals surface area contributed by atoms with Gasteiger partial charge in [-0.3, -0.25) is 9.36 Å². The minimum absolute atomic E-state index is 0.101. The molecule has 0 saturated carbocycles. The second kappa shape index (κ2) is 10.5. The van der Waals surface area contributed by atoms with Crippen LogP contribution in [0.3, 0.4) is 0 Å². The monoisotopic (exact) mass is 503 g/mol. The molecule has 9 nitrogen and oxygen atoms in total. The van der Waals surface area contributed by atoms with E-state index in [0.29, 0.717) is 42.0 Å². The molecule has 0 atom stereocenters. The molecule has 9 heteroatoms. The SMILES string of the molecule is CCN(CCc1cn(C(=O)OC(C)(C)C)c2cc(OC)ccc12)C(=O)c1cc(C)ccc1-n1nccn1. The lowest BCUT2D eigenvalue weighted by molar-refractivity contribution is 0.0543. The predicted molar refractivity (Wildman–Crippen MR) is 141 cm³/mol. The molecule has 0 saturated heterocycles. The van der Waals surface area contributed by atoms with Crippen molar-refractivity contribution in [3.8, 4) is 11.4 Å². The van der Waals surface area contributed by atoms with Gasteiger partial charge in [0.2, 0.25) is 0 Å². The van der Waals surface area contributed by atoms with Gasteiger partial charge in [-0.1, -0.05) is 11.6 Å². The molecule has 37 heavy (non-hydrogen) atoms. The van der Waals surface area contributed by atoms with Crippen LogP contribution in [0.5, 0.6) is 5.75 Å². The summed E-state index contributed by atoms with van der Waals surface area (Å²) in [4.78, 5) is 29.9. The summed E-state index contributed by atoms with van der Waals surface area (Å²) in [6.45, 7) is 10.4. The van der Waals surface area contributed by atoms with Gasteiger partial charge in [-0.25, -0.2) is 4.79 Å². The predicted octanol–water partition coefficient (Wildman–Crippen LogP) is 5.03. The Kier molecular flexibility index (Phi) is 7.33. The first-order valence-corrected chi connectivity index (χ1v) is 12.3. The number of aromatic nitrogens is 4. The van der Waals surface area contributed by atoms with Crippen LogP contribution >= 0.6 is 0 Å². The topological polar surface area (TPSA) is 91.5 Å². The van der Waals surface area contributed by atoms with Gasteiger partial charge in [-0.2, -0.15) is 15.0 Å². The van der Waals surface area contributed by atoms with Crippen molar-refractivity contribution in [2.75, 3.05) is 20.2 Å². The number of rotatable bonds is 7. The molecule has 4 rings (SSSR count). The molecule has 0 spiro atoms. The number of carbonyl (C=O) groups excluding carboxylic acids is 2. The average Bonchev–Trinajstić information content (AvgIpc) is 3.51. The average molecular weight is 504 g/mol. The first kappa shape index (κ1) is 25.9. The van der Waals surface area contributed by atoms with Crippen LogP contribution in [0.1, 0.15) is 49.2 Å². The maximum Gasteiger partial charge on any atom is 0.419 e. The Labute approximate surface area is 216 Å². The van der Waals surface area contributed by atoms with Crippen LogP contribution in [-0.4, -0.2) is 62.3 Å². The van der Waals surface area contributed by atoms with E-state index in [-0.39, 0.29) is 5.91 Å². The summed E-state index contributed by atoms with van der Waals surface area (Å²) in [5.74, 6) is 0.544. The van der Waals surface area contributed by atoms with E-state index in [0.717, 1.165) is 16.5 Å². The van der Waals surface area contributed by atoms with Crippen molar-refractivity contribution in [1.29, 1.82) is 0 Å². The van der Waals surface area contributed by atoms with Crippen LogP contribution in [0.15, 0.2) is 55.0 Å². The van der Waals surface area contributed by atoms with Gasteiger partial charge in [0.1, 0.15) is 11.4 Å². The van der Waals surface area contributed by atoms with E-state index < -0.39 is 11.7 Å². The fraction of sp³-hybridized carbons (Fsp3) is 0.357. The van der Waals surface area contributed by atoms with Crippen molar-refractivity contribution in [3.05, 3.63) is 71.7 Å². The molecule has 0 aliphatic carbocycles. The second-order valence-electron chi connectivity index (χ2n) is 9.86. The maximum atomic E-state index is 13.6. The zero-order chi connectivity index (χ0) is 26.7. The quantitative estimate of drug-likeness (QED) is 0.351. The number of nitrogens with zero attached hydrogens (tertiary/aromatic N) is 5. The van der Waals surface area contributed by atoms with Crippen LogP contribution < -0.4 is 4.74 Å². The minimum atomic E-state index is -0.632. The van der Waals surface area contributed by atoms with Gasteiger partial charge in [0.15, 0.2) is 0 Å². The third-order valence-electron chi connectivity index (χ3n) is 6.02. The molecule has 2 heterocycles. The van der Waals surface area contributed by atoms with E-state index in [4.69, 9.17) is 9.47 Å². The summed E-state index contributed by atoms with van der Waals surface area (Å²) >= 11 is 0. The number of hydrogen-bond acceptors (Lipinski definition) is 6. The van der Waals surface area contributed by atoms with Crippen LogP contribution in [0.2, 0.25) is 0 Å². The number of benzene rings is 2. The number of fused-ring (bicyclic) bond motifs is 1. The van der Waals surface area contributed by atoms with Gasteiger partial charge in [-0.15, -0.1) is 0 Å². The third kappa shape index (κ3) is 5.66. The highest BCUT2D eigenvalue weighted by Crippen LogP contribution is 2.28. The molecule has 1 amide bonds. The maximum absolute atomic E-state index is 13.6. The third-order valence-corrected chi connectivity index (χ3v) is 6.02. The van der Waals surface area contributed by atoms with E-state index in [2.05, 4.69) is 10.2 Å². The molecule has 0 aliphatic heterocycles. The van der Waals surface area contributed by atoms with Gasteiger partial charge < -0.3 is 14.4 Å². The summed E-state index contributed by atoms with van der Waals surface area (Å²) in [5.41, 5.74) is 3.15. The fourth-order valence-corrected chi connectivity index (χ4v) is 4.23. The molecule has 0 N–H and O–H groups in total. The summed E-state index contributed by atoms with van der Waals surface area (Å²) in [6.07, 6.45) is 5.06. The number of amides is 1. The molecule has 0 aliphatic rings. The standard InChI is InChI=1S/C28H33N5O4/c1-7-31(26(34)23-16-19(2)8-11-24(23)33-29-13-14-30-33)15-12-20-18-32(27(35)37-28(3,4)5)25-17-21(36-6)9-10-22(20)25/h8-11,13-14,16-18H,7,12,15H2,1-6H3. The molecule has 0 radical (unpaired) electrons. The van der Waals surface area contributed by atoms with Crippen molar-refractivity contribution in [2.45, 2.75) is 46.6 Å². The molecule has 0 bridgehead atoms. The van der Waals surface area contributed by atoms with E-state index in [9.17, 15) is 9.59 Å². The number of methoxy groups -OCH3 is 1. The number of ether oxygens (including phenoxy) is 2. The van der Waals surface area contributed by atoms with E-state index in [1.165, 1.54) is 9.36 Å². The smallest absolute Gasteiger partial charge is 0.419 e. The lowest BCUT2D eigenvalue weighted by atomic mass is 10.1. The minimum Gasteiger partial charge on any atom is -0.497 e. The van der Waals surface area contributed by atoms with E-state index in [1.54, 1.807) is 30.6 Å². The van der Waals surface area contributed by atoms with Crippen LogP contribution in [0.4, 0.5) is 4.79 Å². The Hall–Kier alpha value is -4.14. The molecule has 194 valence electrons. The van der Waals surface area contributed by atoms with Crippen molar-refractivity contribution >= 4 is 22.9 Å². The van der Waals surface area contributed by atoms with E-state index >= 15 is 0 Å². The van der Waals surface area contributed by atoms with Gasteiger partial charge in [0.05, 0.1) is 36.3 Å².